The van der Waals surface area contributed by atoms with Crippen molar-refractivity contribution < 1.29 is 33.5 Å². The summed E-state index contributed by atoms with van der Waals surface area (Å²) in [5.74, 6) is -1.03. The summed E-state index contributed by atoms with van der Waals surface area (Å²) in [6.07, 6.45) is 0. The molecule has 1 aromatic heterocycles. The highest BCUT2D eigenvalue weighted by atomic mass is 16.6. The number of carbonyl (C=O) groups excluding carboxylic acids is 2. The lowest BCUT2D eigenvalue weighted by molar-refractivity contribution is -0.385. The fourth-order valence-corrected chi connectivity index (χ4v) is 3.88. The molecule has 11 heteroatoms. The first-order chi connectivity index (χ1) is 18.4. The topological polar surface area (TPSA) is 132 Å². The van der Waals surface area contributed by atoms with Gasteiger partial charge in [0.15, 0.2) is 11.4 Å². The molecule has 0 saturated heterocycles. The van der Waals surface area contributed by atoms with Gasteiger partial charge in [-0.05, 0) is 36.4 Å². The van der Waals surface area contributed by atoms with Crippen LogP contribution in [-0.2, 0) is 16.1 Å². The number of rotatable bonds is 9. The van der Waals surface area contributed by atoms with E-state index >= 15 is 0 Å². The van der Waals surface area contributed by atoms with Crippen LogP contribution in [0, 0.1) is 10.1 Å². The number of ether oxygens (including phenoxy) is 4. The van der Waals surface area contributed by atoms with Crippen LogP contribution >= 0.6 is 0 Å². The maximum absolute atomic E-state index is 12.9. The summed E-state index contributed by atoms with van der Waals surface area (Å²) in [4.78, 5) is 36.6. The summed E-state index contributed by atoms with van der Waals surface area (Å²) < 4.78 is 22.5. The van der Waals surface area contributed by atoms with Gasteiger partial charge in [-0.1, -0.05) is 30.3 Å². The molecule has 0 radical (unpaired) electrons. The van der Waals surface area contributed by atoms with Crippen LogP contribution < -0.4 is 9.47 Å². The molecule has 0 spiro atoms. The van der Waals surface area contributed by atoms with Gasteiger partial charge >= 0.3 is 17.6 Å². The number of para-hydroxylation sites is 3. The predicted octanol–water partition coefficient (Wildman–Crippen LogP) is 4.61. The molecule has 4 rings (SSSR count). The lowest BCUT2D eigenvalue weighted by atomic mass is 10.0. The molecule has 0 fully saturated rings. The second kappa shape index (κ2) is 11.2. The van der Waals surface area contributed by atoms with Crippen molar-refractivity contribution in [2.75, 3.05) is 21.3 Å². The lowest BCUT2D eigenvalue weighted by Gasteiger charge is -2.12. The molecule has 0 aliphatic heterocycles. The van der Waals surface area contributed by atoms with Crippen LogP contribution in [0.15, 0.2) is 72.8 Å². The monoisotopic (exact) mass is 517 g/mol. The largest absolute Gasteiger partial charge is 0.496 e. The summed E-state index contributed by atoms with van der Waals surface area (Å²) >= 11 is 0. The molecule has 11 nitrogen and oxygen atoms in total. The second-order valence-corrected chi connectivity index (χ2v) is 7.84. The molecule has 0 aliphatic carbocycles. The van der Waals surface area contributed by atoms with E-state index < -0.39 is 16.9 Å². The Balaban J connectivity index is 1.85. The number of aromatic nitrogens is 2. The predicted molar refractivity (Wildman–Crippen MR) is 136 cm³/mol. The third-order valence-corrected chi connectivity index (χ3v) is 5.65. The van der Waals surface area contributed by atoms with Gasteiger partial charge in [-0.15, -0.1) is 0 Å². The molecular formula is C27H23N3O8. The van der Waals surface area contributed by atoms with Crippen molar-refractivity contribution in [2.24, 2.45) is 0 Å². The highest BCUT2D eigenvalue weighted by Crippen LogP contribution is 2.33. The zero-order valence-electron chi connectivity index (χ0n) is 20.7. The normalized spacial score (nSPS) is 10.5. The van der Waals surface area contributed by atoms with Gasteiger partial charge in [0.05, 0.1) is 31.9 Å². The van der Waals surface area contributed by atoms with Crippen molar-refractivity contribution in [1.82, 2.24) is 9.78 Å². The summed E-state index contributed by atoms with van der Waals surface area (Å²) in [6.45, 7) is -0.0846. The summed E-state index contributed by atoms with van der Waals surface area (Å²) in [7, 11) is 3.88. The molecule has 0 bridgehead atoms. The van der Waals surface area contributed by atoms with Gasteiger partial charge in [-0.25, -0.2) is 14.3 Å². The molecule has 0 amide bonds. The van der Waals surface area contributed by atoms with Gasteiger partial charge in [-0.2, -0.15) is 5.10 Å². The quantitative estimate of drug-likeness (QED) is 0.177. The number of benzene rings is 3. The van der Waals surface area contributed by atoms with Crippen molar-refractivity contribution in [3.63, 3.8) is 0 Å². The van der Waals surface area contributed by atoms with Crippen LogP contribution in [-0.4, -0.2) is 48.0 Å². The van der Waals surface area contributed by atoms with E-state index in [0.717, 1.165) is 0 Å². The Morgan fingerprint density at radius 2 is 1.58 bits per heavy atom. The Hall–Kier alpha value is -5.19. The molecule has 0 N–H and O–H groups in total. The molecule has 194 valence electrons. The van der Waals surface area contributed by atoms with Gasteiger partial charge in [-0.3, -0.25) is 10.1 Å². The SMILES string of the molecule is COC(=O)c1c(-c2ccc(OC)c(COc3ccccc3[N+](=O)[O-])c2)nn(-c2ccccc2)c1C(=O)OC. The minimum Gasteiger partial charge on any atom is -0.496 e. The van der Waals surface area contributed by atoms with Crippen molar-refractivity contribution in [3.05, 3.63) is 99.7 Å². The molecule has 1 heterocycles. The highest BCUT2D eigenvalue weighted by molar-refractivity contribution is 6.06. The molecule has 0 aliphatic rings. The maximum atomic E-state index is 12.9. The minimum absolute atomic E-state index is 0.0843. The van der Waals surface area contributed by atoms with E-state index in [0.29, 0.717) is 22.6 Å². The lowest BCUT2D eigenvalue weighted by Crippen LogP contribution is -2.15. The van der Waals surface area contributed by atoms with Crippen LogP contribution in [0.1, 0.15) is 26.4 Å². The first kappa shape index (κ1) is 25.9. The summed E-state index contributed by atoms with van der Waals surface area (Å²) in [6, 6.07) is 19.8. The van der Waals surface area contributed by atoms with Gasteiger partial charge in [0, 0.05) is 17.2 Å². The van der Waals surface area contributed by atoms with Crippen molar-refractivity contribution in [2.45, 2.75) is 6.61 Å². The van der Waals surface area contributed by atoms with Gasteiger partial charge in [0.2, 0.25) is 0 Å². The molecule has 0 saturated carbocycles. The standard InChI is InChI=1S/C27H23N3O8/c1-35-21-14-13-17(15-18(21)16-38-22-12-8-7-11-20(22)30(33)34)24-23(26(31)36-2)25(27(32)37-3)29(28-24)19-9-5-4-6-10-19/h4-15H,16H2,1-3H3. The molecule has 38 heavy (non-hydrogen) atoms. The first-order valence-electron chi connectivity index (χ1n) is 11.3. The molecule has 0 atom stereocenters. The van der Waals surface area contributed by atoms with E-state index in [1.807, 2.05) is 0 Å². The third kappa shape index (κ3) is 5.03. The van der Waals surface area contributed by atoms with Crippen molar-refractivity contribution in [1.29, 1.82) is 0 Å². The Morgan fingerprint density at radius 3 is 2.24 bits per heavy atom. The zero-order chi connectivity index (χ0) is 27.2. The first-order valence-corrected chi connectivity index (χ1v) is 11.3. The van der Waals surface area contributed by atoms with E-state index in [4.69, 9.17) is 18.9 Å². The fraction of sp³-hybridized carbons (Fsp3) is 0.148. The van der Waals surface area contributed by atoms with E-state index in [2.05, 4.69) is 5.10 Å². The zero-order valence-corrected chi connectivity index (χ0v) is 20.7. The minimum atomic E-state index is -0.781. The van der Waals surface area contributed by atoms with E-state index in [9.17, 15) is 19.7 Å². The van der Waals surface area contributed by atoms with E-state index in [-0.39, 0.29) is 35.0 Å². The van der Waals surface area contributed by atoms with Crippen molar-refractivity contribution >= 4 is 17.6 Å². The van der Waals surface area contributed by atoms with Crippen LogP contribution in [0.5, 0.6) is 11.5 Å². The number of esters is 2. The average molecular weight is 517 g/mol. The van der Waals surface area contributed by atoms with Crippen LogP contribution in [0.4, 0.5) is 5.69 Å². The van der Waals surface area contributed by atoms with Gasteiger partial charge in [0.1, 0.15) is 23.6 Å². The average Bonchev–Trinajstić information content (AvgIpc) is 3.36. The number of nitrogens with zero attached hydrogens (tertiary/aromatic N) is 3. The van der Waals surface area contributed by atoms with E-state index in [1.54, 1.807) is 60.7 Å². The number of hydrogen-bond acceptors (Lipinski definition) is 9. The third-order valence-electron chi connectivity index (χ3n) is 5.65. The Labute approximate surface area is 217 Å². The molecule has 0 unspecified atom stereocenters. The van der Waals surface area contributed by atoms with Crippen LogP contribution in [0.25, 0.3) is 16.9 Å². The highest BCUT2D eigenvalue weighted by Gasteiger charge is 2.31. The van der Waals surface area contributed by atoms with Gasteiger partial charge < -0.3 is 18.9 Å². The maximum Gasteiger partial charge on any atom is 0.357 e. The van der Waals surface area contributed by atoms with E-state index in [1.165, 1.54) is 38.1 Å². The smallest absolute Gasteiger partial charge is 0.357 e. The Kier molecular flexibility index (Phi) is 7.66. The van der Waals surface area contributed by atoms with Crippen molar-refractivity contribution in [3.8, 4) is 28.4 Å². The molecule has 3 aromatic carbocycles. The Morgan fingerprint density at radius 1 is 0.895 bits per heavy atom. The second-order valence-electron chi connectivity index (χ2n) is 7.84. The summed E-state index contributed by atoms with van der Waals surface area (Å²) in [5.41, 5.74) is 1.29. The number of hydrogen-bond donors (Lipinski definition) is 0. The van der Waals surface area contributed by atoms with Gasteiger partial charge in [0.25, 0.3) is 0 Å². The fourth-order valence-electron chi connectivity index (χ4n) is 3.88. The van der Waals surface area contributed by atoms with Crippen LogP contribution in [0.2, 0.25) is 0 Å². The molecule has 4 aromatic rings. The molecular weight excluding hydrogens is 494 g/mol. The number of carbonyl (C=O) groups is 2. The number of nitro benzene ring substituents is 1. The Bertz CT molecular complexity index is 1500. The van der Waals surface area contributed by atoms with Crippen LogP contribution in [0.3, 0.4) is 0 Å². The summed E-state index contributed by atoms with van der Waals surface area (Å²) in [5, 5.41) is 15.9. The number of methoxy groups -OCH3 is 3. The number of nitro groups is 1.